The molecule has 3 atom stereocenters. The zero-order valence-corrected chi connectivity index (χ0v) is 19.1. The Hall–Kier alpha value is -0.880. The molecule has 2 heterocycles. The van der Waals surface area contributed by atoms with E-state index in [2.05, 4.69) is 39.9 Å². The molecule has 0 radical (unpaired) electrons. The third kappa shape index (κ3) is 4.90. The van der Waals surface area contributed by atoms with Crippen LogP contribution in [-0.4, -0.2) is 72.5 Å². The van der Waals surface area contributed by atoms with Crippen molar-refractivity contribution in [2.24, 2.45) is 11.7 Å². The highest BCUT2D eigenvalue weighted by Crippen LogP contribution is 2.58. The van der Waals surface area contributed by atoms with E-state index >= 15 is 0 Å². The Bertz CT molecular complexity index is 557. The summed E-state index contributed by atoms with van der Waals surface area (Å²) in [6, 6.07) is 0.517. The molecule has 5 nitrogen and oxygen atoms in total. The lowest BCUT2D eigenvalue weighted by molar-refractivity contribution is -0.0231. The van der Waals surface area contributed by atoms with Crippen LogP contribution >= 0.6 is 0 Å². The van der Waals surface area contributed by atoms with Crippen molar-refractivity contribution in [3.63, 3.8) is 0 Å². The molecule has 4 rings (SSSR count). The monoisotopic (exact) mass is 404 g/mol. The van der Waals surface area contributed by atoms with Crippen LogP contribution in [0, 0.1) is 5.92 Å². The second kappa shape index (κ2) is 10.9. The van der Waals surface area contributed by atoms with Gasteiger partial charge < -0.3 is 20.3 Å². The van der Waals surface area contributed by atoms with E-state index in [9.17, 15) is 0 Å². The number of likely N-dealkylation sites (tertiary alicyclic amines) is 1. The number of hydrogen-bond donors (Lipinski definition) is 1. The number of rotatable bonds is 8. The van der Waals surface area contributed by atoms with Crippen LogP contribution in [-0.2, 0) is 4.74 Å². The predicted octanol–water partition coefficient (Wildman–Crippen LogP) is 3.78. The highest BCUT2D eigenvalue weighted by atomic mass is 16.5. The number of hydrogen-bond acceptors (Lipinski definition) is 5. The zero-order chi connectivity index (χ0) is 20.7. The maximum absolute atomic E-state index is 6.20. The van der Waals surface area contributed by atoms with Gasteiger partial charge in [0.25, 0.3) is 0 Å². The number of ether oxygens (including phenoxy) is 1. The molecule has 1 saturated carbocycles. The fraction of sp³-hybridized carbons (Fsp3) is 0.833. The first-order valence-corrected chi connectivity index (χ1v) is 12.2. The fourth-order valence-electron chi connectivity index (χ4n) is 5.57. The van der Waals surface area contributed by atoms with E-state index in [1.807, 2.05) is 13.8 Å². The molecule has 0 aromatic rings. The average molecular weight is 405 g/mol. The number of allylic oxidation sites excluding steroid dienone is 2. The van der Waals surface area contributed by atoms with Crippen molar-refractivity contribution in [2.45, 2.75) is 77.3 Å². The molecule has 2 aliphatic carbocycles. The third-order valence-corrected chi connectivity index (χ3v) is 7.12. The molecule has 0 aromatic heterocycles. The molecule has 1 spiro atoms. The summed E-state index contributed by atoms with van der Waals surface area (Å²) in [5.41, 5.74) is 7.60. The van der Waals surface area contributed by atoms with Crippen molar-refractivity contribution in [3.05, 3.63) is 23.9 Å². The van der Waals surface area contributed by atoms with E-state index in [0.29, 0.717) is 12.0 Å². The van der Waals surface area contributed by atoms with Gasteiger partial charge in [0.2, 0.25) is 0 Å². The molecule has 2 N–H and O–H groups in total. The van der Waals surface area contributed by atoms with Crippen molar-refractivity contribution < 1.29 is 4.74 Å². The Balaban J connectivity index is 0.00000117. The molecular weight excluding hydrogens is 360 g/mol. The summed E-state index contributed by atoms with van der Waals surface area (Å²) in [5.74, 6) is 0.649. The minimum absolute atomic E-state index is 0.173. The van der Waals surface area contributed by atoms with Gasteiger partial charge in [-0.1, -0.05) is 39.3 Å². The maximum Gasteiger partial charge on any atom is 0.120 e. The van der Waals surface area contributed by atoms with Crippen LogP contribution in [0.25, 0.3) is 0 Å². The highest BCUT2D eigenvalue weighted by Gasteiger charge is 2.63. The van der Waals surface area contributed by atoms with Crippen LogP contribution in [0.2, 0.25) is 0 Å². The Morgan fingerprint density at radius 2 is 1.97 bits per heavy atom. The summed E-state index contributed by atoms with van der Waals surface area (Å²) in [6.45, 7) is 13.4. The largest absolute Gasteiger partial charge is 0.350 e. The molecule has 3 fully saturated rings. The van der Waals surface area contributed by atoms with Crippen LogP contribution in [0.4, 0.5) is 0 Å². The average Bonchev–Trinajstić information content (AvgIpc) is 3.54. The molecule has 166 valence electrons. The van der Waals surface area contributed by atoms with Gasteiger partial charge in [0.1, 0.15) is 13.5 Å². The van der Waals surface area contributed by atoms with E-state index in [1.54, 1.807) is 0 Å². The van der Waals surface area contributed by atoms with Gasteiger partial charge in [-0.2, -0.15) is 0 Å². The Kier molecular flexibility index (Phi) is 8.60. The fourth-order valence-corrected chi connectivity index (χ4v) is 5.57. The predicted molar refractivity (Wildman–Crippen MR) is 121 cm³/mol. The first-order valence-electron chi connectivity index (χ1n) is 12.2. The SMILES string of the molecule is CC.CCC(CCN)N1COCN(CCCN2CCCCC2)C2=CC=CC3CC231. The van der Waals surface area contributed by atoms with E-state index in [0.717, 1.165) is 39.4 Å². The van der Waals surface area contributed by atoms with Crippen molar-refractivity contribution in [2.75, 3.05) is 46.2 Å². The summed E-state index contributed by atoms with van der Waals surface area (Å²) >= 11 is 0. The van der Waals surface area contributed by atoms with Gasteiger partial charge in [0, 0.05) is 24.2 Å². The quantitative estimate of drug-likeness (QED) is 0.667. The topological polar surface area (TPSA) is 45.0 Å². The highest BCUT2D eigenvalue weighted by molar-refractivity contribution is 5.42. The van der Waals surface area contributed by atoms with Crippen LogP contribution < -0.4 is 5.73 Å². The second-order valence-corrected chi connectivity index (χ2v) is 8.76. The van der Waals surface area contributed by atoms with Crippen LogP contribution in [0.3, 0.4) is 0 Å². The van der Waals surface area contributed by atoms with Crippen molar-refractivity contribution in [1.82, 2.24) is 14.7 Å². The standard InChI is InChI=1S/C22H38N4O.C2H6/c1-2-20(10-11-23)26-18-27-17-25(15-7-14-24-12-4-3-5-13-24)21-9-6-8-19-16-22(19,21)26;1-2/h6,8-9,19-20H,2-5,7,10-18,23H2,1H3;1-2H3. The van der Waals surface area contributed by atoms with Gasteiger partial charge in [0.05, 0.1) is 5.54 Å². The van der Waals surface area contributed by atoms with Crippen molar-refractivity contribution in [1.29, 1.82) is 0 Å². The number of nitrogens with two attached hydrogens (primary N) is 1. The summed E-state index contributed by atoms with van der Waals surface area (Å²) < 4.78 is 6.20. The Morgan fingerprint density at radius 1 is 1.17 bits per heavy atom. The number of nitrogens with zero attached hydrogens (tertiary/aromatic N) is 3. The Labute approximate surface area is 178 Å². The molecule has 29 heavy (non-hydrogen) atoms. The molecule has 3 unspecified atom stereocenters. The van der Waals surface area contributed by atoms with E-state index in [1.165, 1.54) is 57.4 Å². The number of piperidine rings is 1. The summed E-state index contributed by atoms with van der Waals surface area (Å²) in [6.07, 6.45) is 15.9. The van der Waals surface area contributed by atoms with Crippen LogP contribution in [0.1, 0.15) is 65.7 Å². The van der Waals surface area contributed by atoms with Gasteiger partial charge >= 0.3 is 0 Å². The second-order valence-electron chi connectivity index (χ2n) is 8.76. The molecule has 4 aliphatic rings. The van der Waals surface area contributed by atoms with Crippen LogP contribution in [0.5, 0.6) is 0 Å². The molecular formula is C24H44N4O. The lowest BCUT2D eigenvalue weighted by atomic mass is 9.97. The van der Waals surface area contributed by atoms with Crippen LogP contribution in [0.15, 0.2) is 23.9 Å². The molecule has 5 heteroatoms. The van der Waals surface area contributed by atoms with E-state index in [4.69, 9.17) is 10.5 Å². The molecule has 0 bridgehead atoms. The molecule has 2 aliphatic heterocycles. The molecule has 0 aromatic carbocycles. The van der Waals surface area contributed by atoms with Gasteiger partial charge in [-0.3, -0.25) is 4.90 Å². The zero-order valence-electron chi connectivity index (χ0n) is 19.1. The van der Waals surface area contributed by atoms with Gasteiger partial charge in [-0.15, -0.1) is 0 Å². The minimum atomic E-state index is 0.173. The first kappa shape index (κ1) is 22.8. The third-order valence-electron chi connectivity index (χ3n) is 7.12. The Morgan fingerprint density at radius 3 is 2.69 bits per heavy atom. The molecule has 0 amide bonds. The van der Waals surface area contributed by atoms with E-state index < -0.39 is 0 Å². The smallest absolute Gasteiger partial charge is 0.120 e. The molecule has 2 saturated heterocycles. The summed E-state index contributed by atoms with van der Waals surface area (Å²) in [7, 11) is 0. The lowest BCUT2D eigenvalue weighted by Crippen LogP contribution is -2.49. The lowest BCUT2D eigenvalue weighted by Gasteiger charge is -2.40. The first-order chi connectivity index (χ1) is 14.3. The van der Waals surface area contributed by atoms with Crippen molar-refractivity contribution >= 4 is 0 Å². The normalized spacial score (nSPS) is 30.4. The maximum atomic E-state index is 6.20. The van der Waals surface area contributed by atoms with Crippen molar-refractivity contribution in [3.8, 4) is 0 Å². The van der Waals surface area contributed by atoms with Gasteiger partial charge in [0.15, 0.2) is 0 Å². The summed E-state index contributed by atoms with van der Waals surface area (Å²) in [5, 5.41) is 0. The van der Waals surface area contributed by atoms with Gasteiger partial charge in [-0.05, 0) is 70.8 Å². The van der Waals surface area contributed by atoms with E-state index in [-0.39, 0.29) is 5.54 Å². The summed E-state index contributed by atoms with van der Waals surface area (Å²) in [4.78, 5) is 7.82. The van der Waals surface area contributed by atoms with Gasteiger partial charge in [-0.25, -0.2) is 0 Å². The minimum Gasteiger partial charge on any atom is -0.350 e.